The number of hydrogen-bond donors (Lipinski definition) is 1. The van der Waals surface area contributed by atoms with Crippen LogP contribution in [-0.4, -0.2) is 11.7 Å². The van der Waals surface area contributed by atoms with E-state index in [4.69, 9.17) is 0 Å². The second-order valence-electron chi connectivity index (χ2n) is 3.15. The number of carbonyl (C=O) groups is 2. The van der Waals surface area contributed by atoms with Crippen molar-refractivity contribution < 1.29 is 9.59 Å². The van der Waals surface area contributed by atoms with Crippen LogP contribution in [0.5, 0.6) is 0 Å². The van der Waals surface area contributed by atoms with Gasteiger partial charge < -0.3 is 5.32 Å². The van der Waals surface area contributed by atoms with Crippen LogP contribution in [0.15, 0.2) is 22.7 Å². The molecule has 80 valence electrons. The molecule has 0 heterocycles. The lowest BCUT2D eigenvalue weighted by Crippen LogP contribution is -2.06. The first-order valence-electron chi connectivity index (χ1n) is 4.65. The zero-order chi connectivity index (χ0) is 11.4. The molecule has 15 heavy (non-hydrogen) atoms. The van der Waals surface area contributed by atoms with Crippen molar-refractivity contribution in [1.82, 2.24) is 0 Å². The van der Waals surface area contributed by atoms with Crippen molar-refractivity contribution >= 4 is 33.3 Å². The lowest BCUT2D eigenvalue weighted by Gasteiger charge is -2.06. The Labute approximate surface area is 97.0 Å². The third kappa shape index (κ3) is 3.16. The van der Waals surface area contributed by atoms with Crippen molar-refractivity contribution in [2.24, 2.45) is 0 Å². The molecule has 0 bridgehead atoms. The summed E-state index contributed by atoms with van der Waals surface area (Å²) in [5.41, 5.74) is 1.33. The Hall–Kier alpha value is -1.16. The summed E-state index contributed by atoms with van der Waals surface area (Å²) >= 11 is 3.31. The number of anilines is 1. The van der Waals surface area contributed by atoms with Crippen LogP contribution in [0.4, 0.5) is 5.69 Å². The highest BCUT2D eigenvalue weighted by atomic mass is 79.9. The van der Waals surface area contributed by atoms with Crippen LogP contribution in [0, 0.1) is 0 Å². The van der Waals surface area contributed by atoms with Gasteiger partial charge in [0, 0.05) is 29.1 Å². The number of amides is 1. The number of halogens is 1. The van der Waals surface area contributed by atoms with Crippen LogP contribution in [0.25, 0.3) is 0 Å². The normalized spacial score (nSPS) is 9.80. The Morgan fingerprint density at radius 2 is 2.07 bits per heavy atom. The van der Waals surface area contributed by atoms with E-state index < -0.39 is 0 Å². The van der Waals surface area contributed by atoms with Crippen LogP contribution in [-0.2, 0) is 4.79 Å². The molecule has 0 aliphatic rings. The monoisotopic (exact) mass is 269 g/mol. The molecule has 0 spiro atoms. The van der Waals surface area contributed by atoms with E-state index in [0.29, 0.717) is 22.1 Å². The van der Waals surface area contributed by atoms with E-state index in [9.17, 15) is 9.59 Å². The molecular formula is C11H12BrNO2. The van der Waals surface area contributed by atoms with Crippen molar-refractivity contribution in [3.8, 4) is 0 Å². The fourth-order valence-electron chi connectivity index (χ4n) is 1.21. The molecule has 0 saturated carbocycles. The first kappa shape index (κ1) is 11.9. The minimum atomic E-state index is -0.128. The van der Waals surface area contributed by atoms with E-state index in [0.717, 1.165) is 0 Å². The number of ketones is 1. The molecule has 0 fully saturated rings. The Kier molecular flexibility index (Phi) is 4.03. The smallest absolute Gasteiger partial charge is 0.221 e. The number of Topliss-reactive ketones (excluding diaryl/α,β-unsaturated/α-hetero) is 1. The van der Waals surface area contributed by atoms with E-state index >= 15 is 0 Å². The second kappa shape index (κ2) is 5.07. The Balaban J connectivity index is 2.97. The molecule has 4 heteroatoms. The number of nitrogens with one attached hydrogen (secondary N) is 1. The van der Waals surface area contributed by atoms with Gasteiger partial charge in [0.1, 0.15) is 0 Å². The van der Waals surface area contributed by atoms with Crippen LogP contribution in [0.3, 0.4) is 0 Å². The summed E-state index contributed by atoms with van der Waals surface area (Å²) in [6.45, 7) is 3.26. The lowest BCUT2D eigenvalue weighted by molar-refractivity contribution is -0.114. The van der Waals surface area contributed by atoms with Gasteiger partial charge in [0.25, 0.3) is 0 Å². The van der Waals surface area contributed by atoms with Gasteiger partial charge in [-0.1, -0.05) is 6.92 Å². The molecule has 1 N–H and O–H groups in total. The molecule has 0 atom stereocenters. The maximum atomic E-state index is 11.5. The quantitative estimate of drug-likeness (QED) is 0.858. The van der Waals surface area contributed by atoms with Crippen LogP contribution < -0.4 is 5.32 Å². The number of hydrogen-bond acceptors (Lipinski definition) is 2. The van der Waals surface area contributed by atoms with Crippen molar-refractivity contribution in [3.05, 3.63) is 28.2 Å². The minimum Gasteiger partial charge on any atom is -0.326 e. The van der Waals surface area contributed by atoms with Crippen LogP contribution >= 0.6 is 15.9 Å². The van der Waals surface area contributed by atoms with Gasteiger partial charge in [0.2, 0.25) is 5.91 Å². The first-order chi connectivity index (χ1) is 7.04. The van der Waals surface area contributed by atoms with E-state index in [1.54, 1.807) is 18.2 Å². The molecule has 1 amide bonds. The predicted octanol–water partition coefficient (Wildman–Crippen LogP) is 3.00. The highest BCUT2D eigenvalue weighted by Crippen LogP contribution is 2.22. The van der Waals surface area contributed by atoms with Gasteiger partial charge in [-0.25, -0.2) is 0 Å². The largest absolute Gasteiger partial charge is 0.326 e. The molecule has 0 saturated heterocycles. The third-order valence-corrected chi connectivity index (χ3v) is 2.57. The van der Waals surface area contributed by atoms with Crippen LogP contribution in [0.2, 0.25) is 0 Å². The summed E-state index contributed by atoms with van der Waals surface area (Å²) in [5, 5.41) is 2.65. The molecule has 0 unspecified atom stereocenters. The van der Waals surface area contributed by atoms with Gasteiger partial charge in [0.15, 0.2) is 5.78 Å². The summed E-state index contributed by atoms with van der Waals surface area (Å²) in [6, 6.07) is 5.15. The fraction of sp³-hybridized carbons (Fsp3) is 0.273. The SMILES string of the molecule is CCC(=O)c1ccc(NC(C)=O)cc1Br. The highest BCUT2D eigenvalue weighted by Gasteiger charge is 2.08. The molecule has 1 rings (SSSR count). The summed E-state index contributed by atoms with van der Waals surface area (Å²) in [4.78, 5) is 22.3. The van der Waals surface area contributed by atoms with Gasteiger partial charge in [-0.3, -0.25) is 9.59 Å². The minimum absolute atomic E-state index is 0.0799. The Morgan fingerprint density at radius 1 is 1.40 bits per heavy atom. The number of rotatable bonds is 3. The molecule has 0 aliphatic heterocycles. The zero-order valence-electron chi connectivity index (χ0n) is 8.63. The summed E-state index contributed by atoms with van der Waals surface area (Å²) in [7, 11) is 0. The first-order valence-corrected chi connectivity index (χ1v) is 5.44. The standard InChI is InChI=1S/C11H12BrNO2/c1-3-11(15)9-5-4-8(6-10(9)12)13-7(2)14/h4-6H,3H2,1-2H3,(H,13,14). The third-order valence-electron chi connectivity index (χ3n) is 1.91. The topological polar surface area (TPSA) is 46.2 Å². The molecule has 0 aromatic heterocycles. The molecule has 1 aromatic carbocycles. The fourth-order valence-corrected chi connectivity index (χ4v) is 1.81. The van der Waals surface area contributed by atoms with Gasteiger partial charge in [-0.2, -0.15) is 0 Å². The molecule has 0 radical (unpaired) electrons. The maximum absolute atomic E-state index is 11.5. The summed E-state index contributed by atoms with van der Waals surface area (Å²) < 4.78 is 0.709. The average molecular weight is 270 g/mol. The van der Waals surface area contributed by atoms with Crippen LogP contribution in [0.1, 0.15) is 30.6 Å². The predicted molar refractivity (Wildman–Crippen MR) is 63.1 cm³/mol. The summed E-state index contributed by atoms with van der Waals surface area (Å²) in [5.74, 6) is -0.0484. The van der Waals surface area contributed by atoms with E-state index in [1.165, 1.54) is 6.92 Å². The van der Waals surface area contributed by atoms with E-state index in [-0.39, 0.29) is 11.7 Å². The maximum Gasteiger partial charge on any atom is 0.221 e. The number of benzene rings is 1. The Morgan fingerprint density at radius 3 is 2.53 bits per heavy atom. The highest BCUT2D eigenvalue weighted by molar-refractivity contribution is 9.10. The van der Waals surface area contributed by atoms with Gasteiger partial charge in [-0.15, -0.1) is 0 Å². The van der Waals surface area contributed by atoms with Crippen molar-refractivity contribution in [3.63, 3.8) is 0 Å². The van der Waals surface area contributed by atoms with Crippen molar-refractivity contribution in [2.75, 3.05) is 5.32 Å². The molecule has 0 aliphatic carbocycles. The van der Waals surface area contributed by atoms with Gasteiger partial charge >= 0.3 is 0 Å². The zero-order valence-corrected chi connectivity index (χ0v) is 10.2. The Bertz CT molecular complexity index is 402. The van der Waals surface area contributed by atoms with E-state index in [2.05, 4.69) is 21.2 Å². The average Bonchev–Trinajstić information content (AvgIpc) is 2.16. The van der Waals surface area contributed by atoms with E-state index in [1.807, 2.05) is 6.92 Å². The van der Waals surface area contributed by atoms with Gasteiger partial charge in [0.05, 0.1) is 0 Å². The summed E-state index contributed by atoms with van der Waals surface area (Å²) in [6.07, 6.45) is 0.470. The van der Waals surface area contributed by atoms with Crippen molar-refractivity contribution in [2.45, 2.75) is 20.3 Å². The second-order valence-corrected chi connectivity index (χ2v) is 4.01. The molecular weight excluding hydrogens is 258 g/mol. The van der Waals surface area contributed by atoms with Gasteiger partial charge in [-0.05, 0) is 34.1 Å². The number of carbonyl (C=O) groups excluding carboxylic acids is 2. The molecule has 3 nitrogen and oxygen atoms in total. The molecule has 1 aromatic rings. The lowest BCUT2D eigenvalue weighted by atomic mass is 10.1. The van der Waals surface area contributed by atoms with Crippen molar-refractivity contribution in [1.29, 1.82) is 0 Å².